The van der Waals surface area contributed by atoms with Crippen LogP contribution in [0.1, 0.15) is 16.1 Å². The van der Waals surface area contributed by atoms with E-state index in [0.29, 0.717) is 13.0 Å². The van der Waals surface area contributed by atoms with Crippen molar-refractivity contribution in [1.82, 2.24) is 0 Å². The Bertz CT molecular complexity index is 431. The first-order valence-corrected chi connectivity index (χ1v) is 5.11. The molecule has 2 rings (SSSR count). The minimum atomic E-state index is -0.416. The number of furan rings is 1. The zero-order valence-corrected chi connectivity index (χ0v) is 8.76. The van der Waals surface area contributed by atoms with E-state index in [2.05, 4.69) is 0 Å². The third-order valence-corrected chi connectivity index (χ3v) is 2.19. The van der Waals surface area contributed by atoms with Gasteiger partial charge in [-0.25, -0.2) is 4.79 Å². The molecule has 1 aromatic carbocycles. The van der Waals surface area contributed by atoms with Gasteiger partial charge in [0.05, 0.1) is 12.9 Å². The van der Waals surface area contributed by atoms with E-state index in [1.807, 2.05) is 30.3 Å². The summed E-state index contributed by atoms with van der Waals surface area (Å²) < 4.78 is 9.98. The van der Waals surface area contributed by atoms with Gasteiger partial charge in [-0.15, -0.1) is 0 Å². The summed E-state index contributed by atoms with van der Waals surface area (Å²) in [4.78, 5) is 11.4. The summed E-state index contributed by atoms with van der Waals surface area (Å²) in [5.74, 6) is -0.172. The summed E-state index contributed by atoms with van der Waals surface area (Å²) in [5, 5.41) is 0. The Balaban J connectivity index is 1.79. The average molecular weight is 216 g/mol. The molecule has 0 unspecified atom stereocenters. The molecule has 3 heteroatoms. The van der Waals surface area contributed by atoms with Crippen molar-refractivity contribution in [1.29, 1.82) is 0 Å². The summed E-state index contributed by atoms with van der Waals surface area (Å²) in [6.45, 7) is 0.365. The van der Waals surface area contributed by atoms with E-state index in [1.54, 1.807) is 12.1 Å². The molecule has 0 saturated carbocycles. The molecule has 2 aromatic rings. The smallest absolute Gasteiger partial charge is 0.374 e. The Morgan fingerprint density at radius 1 is 1.12 bits per heavy atom. The summed E-state index contributed by atoms with van der Waals surface area (Å²) in [7, 11) is 0. The maximum absolute atomic E-state index is 11.4. The maximum Gasteiger partial charge on any atom is 0.374 e. The quantitative estimate of drug-likeness (QED) is 0.737. The van der Waals surface area contributed by atoms with Gasteiger partial charge in [0.15, 0.2) is 0 Å². The minimum absolute atomic E-state index is 0.244. The first kappa shape index (κ1) is 10.5. The van der Waals surface area contributed by atoms with Gasteiger partial charge in [-0.2, -0.15) is 0 Å². The summed E-state index contributed by atoms with van der Waals surface area (Å²) in [6, 6.07) is 13.1. The summed E-state index contributed by atoms with van der Waals surface area (Å²) in [5.41, 5.74) is 1.15. The fourth-order valence-corrected chi connectivity index (χ4v) is 1.37. The molecule has 0 fully saturated rings. The normalized spacial score (nSPS) is 10.0. The van der Waals surface area contributed by atoms with Gasteiger partial charge in [-0.3, -0.25) is 0 Å². The Hall–Kier alpha value is -2.03. The Labute approximate surface area is 93.7 Å². The van der Waals surface area contributed by atoms with Crippen LogP contribution in [0.5, 0.6) is 0 Å². The van der Waals surface area contributed by atoms with Crippen molar-refractivity contribution in [2.24, 2.45) is 0 Å². The van der Waals surface area contributed by atoms with E-state index in [1.165, 1.54) is 6.26 Å². The fourth-order valence-electron chi connectivity index (χ4n) is 1.37. The van der Waals surface area contributed by atoms with Gasteiger partial charge >= 0.3 is 5.97 Å². The lowest BCUT2D eigenvalue weighted by Crippen LogP contribution is -2.07. The molecule has 0 spiro atoms. The molecular formula is C13H12O3. The van der Waals surface area contributed by atoms with E-state index in [4.69, 9.17) is 9.15 Å². The lowest BCUT2D eigenvalue weighted by Gasteiger charge is -2.02. The van der Waals surface area contributed by atoms with E-state index in [9.17, 15) is 4.79 Å². The Morgan fingerprint density at radius 2 is 1.94 bits per heavy atom. The van der Waals surface area contributed by atoms with Gasteiger partial charge in [0.1, 0.15) is 0 Å². The molecule has 0 aliphatic rings. The number of hydrogen-bond donors (Lipinski definition) is 0. The van der Waals surface area contributed by atoms with Crippen molar-refractivity contribution in [3.8, 4) is 0 Å². The molecule has 0 amide bonds. The molecule has 82 valence electrons. The number of benzene rings is 1. The number of carbonyl (C=O) groups is 1. The number of esters is 1. The van der Waals surface area contributed by atoms with Crippen molar-refractivity contribution in [3.05, 3.63) is 60.1 Å². The van der Waals surface area contributed by atoms with Crippen LogP contribution >= 0.6 is 0 Å². The number of ether oxygens (including phenoxy) is 1. The van der Waals surface area contributed by atoms with Gasteiger partial charge in [0.2, 0.25) is 5.76 Å². The van der Waals surface area contributed by atoms with Crippen LogP contribution < -0.4 is 0 Å². The Morgan fingerprint density at radius 3 is 2.62 bits per heavy atom. The molecule has 0 radical (unpaired) electrons. The number of carbonyl (C=O) groups excluding carboxylic acids is 1. The van der Waals surface area contributed by atoms with Gasteiger partial charge < -0.3 is 9.15 Å². The molecule has 1 heterocycles. The zero-order chi connectivity index (χ0) is 11.2. The van der Waals surface area contributed by atoms with E-state index < -0.39 is 5.97 Å². The van der Waals surface area contributed by atoms with Crippen LogP contribution in [0.2, 0.25) is 0 Å². The lowest BCUT2D eigenvalue weighted by molar-refractivity contribution is 0.0473. The summed E-state index contributed by atoms with van der Waals surface area (Å²) >= 11 is 0. The SMILES string of the molecule is O=C(OCCc1ccccc1)c1ccco1. The van der Waals surface area contributed by atoms with Crippen molar-refractivity contribution >= 4 is 5.97 Å². The van der Waals surface area contributed by atoms with Crippen molar-refractivity contribution < 1.29 is 13.9 Å². The van der Waals surface area contributed by atoms with Crippen LogP contribution in [0.25, 0.3) is 0 Å². The summed E-state index contributed by atoms with van der Waals surface area (Å²) in [6.07, 6.45) is 2.17. The third-order valence-electron chi connectivity index (χ3n) is 2.19. The molecule has 3 nitrogen and oxygen atoms in total. The molecule has 0 aliphatic heterocycles. The van der Waals surface area contributed by atoms with Gasteiger partial charge in [0.25, 0.3) is 0 Å². The number of hydrogen-bond acceptors (Lipinski definition) is 3. The second-order valence-electron chi connectivity index (χ2n) is 3.35. The van der Waals surface area contributed by atoms with Gasteiger partial charge in [-0.05, 0) is 17.7 Å². The van der Waals surface area contributed by atoms with Crippen LogP contribution in [-0.4, -0.2) is 12.6 Å². The standard InChI is InChI=1S/C13H12O3/c14-13(12-7-4-9-15-12)16-10-8-11-5-2-1-3-6-11/h1-7,9H,8,10H2. The third kappa shape index (κ3) is 2.73. The largest absolute Gasteiger partial charge is 0.459 e. The lowest BCUT2D eigenvalue weighted by atomic mass is 10.2. The van der Waals surface area contributed by atoms with E-state index in [-0.39, 0.29) is 5.76 Å². The van der Waals surface area contributed by atoms with Crippen LogP contribution in [0.15, 0.2) is 53.1 Å². The van der Waals surface area contributed by atoms with Crippen LogP contribution in [0.3, 0.4) is 0 Å². The van der Waals surface area contributed by atoms with Crippen molar-refractivity contribution in [2.75, 3.05) is 6.61 Å². The average Bonchev–Trinajstić information content (AvgIpc) is 2.84. The van der Waals surface area contributed by atoms with Crippen molar-refractivity contribution in [3.63, 3.8) is 0 Å². The highest BCUT2D eigenvalue weighted by Crippen LogP contribution is 2.04. The van der Waals surface area contributed by atoms with E-state index >= 15 is 0 Å². The molecule has 0 atom stereocenters. The Kier molecular flexibility index (Phi) is 3.38. The van der Waals surface area contributed by atoms with Crippen LogP contribution in [0.4, 0.5) is 0 Å². The van der Waals surface area contributed by atoms with Crippen molar-refractivity contribution in [2.45, 2.75) is 6.42 Å². The fraction of sp³-hybridized carbons (Fsp3) is 0.154. The monoisotopic (exact) mass is 216 g/mol. The zero-order valence-electron chi connectivity index (χ0n) is 8.76. The molecule has 0 bridgehead atoms. The van der Waals surface area contributed by atoms with Gasteiger partial charge in [-0.1, -0.05) is 30.3 Å². The molecule has 1 aromatic heterocycles. The predicted molar refractivity (Wildman–Crippen MR) is 59.1 cm³/mol. The number of rotatable bonds is 4. The molecule has 16 heavy (non-hydrogen) atoms. The van der Waals surface area contributed by atoms with Crippen LogP contribution in [0, 0.1) is 0 Å². The van der Waals surface area contributed by atoms with Crippen LogP contribution in [-0.2, 0) is 11.2 Å². The van der Waals surface area contributed by atoms with Gasteiger partial charge in [0, 0.05) is 6.42 Å². The first-order valence-electron chi connectivity index (χ1n) is 5.11. The topological polar surface area (TPSA) is 39.4 Å². The minimum Gasteiger partial charge on any atom is -0.459 e. The maximum atomic E-state index is 11.4. The molecular weight excluding hydrogens is 204 g/mol. The first-order chi connectivity index (χ1) is 7.86. The second-order valence-corrected chi connectivity index (χ2v) is 3.35. The van der Waals surface area contributed by atoms with E-state index in [0.717, 1.165) is 5.56 Å². The molecule has 0 N–H and O–H groups in total. The highest BCUT2D eigenvalue weighted by molar-refractivity contribution is 5.86. The molecule has 0 saturated heterocycles. The highest BCUT2D eigenvalue weighted by Gasteiger charge is 2.08. The predicted octanol–water partition coefficient (Wildman–Crippen LogP) is 2.68. The highest BCUT2D eigenvalue weighted by atomic mass is 16.5. The second kappa shape index (κ2) is 5.16. The molecule has 0 aliphatic carbocycles.